The highest BCUT2D eigenvalue weighted by Gasteiger charge is 2.45. The fourth-order valence-corrected chi connectivity index (χ4v) is 3.28. The summed E-state index contributed by atoms with van der Waals surface area (Å²) in [5, 5.41) is 6.53. The Morgan fingerprint density at radius 2 is 2.00 bits per heavy atom. The minimum Gasteiger partial charge on any atom is -0.356 e. The number of rotatable bonds is 1. The van der Waals surface area contributed by atoms with Crippen LogP contribution >= 0.6 is 0 Å². The van der Waals surface area contributed by atoms with Gasteiger partial charge >= 0.3 is 0 Å². The molecular formula is C14H18N2O. The number of amides is 1. The fourth-order valence-electron chi connectivity index (χ4n) is 3.28. The van der Waals surface area contributed by atoms with Crippen molar-refractivity contribution >= 4 is 5.91 Å². The van der Waals surface area contributed by atoms with Gasteiger partial charge in [-0.05, 0) is 17.9 Å². The van der Waals surface area contributed by atoms with E-state index in [1.54, 1.807) is 0 Å². The molecule has 3 nitrogen and oxygen atoms in total. The first-order chi connectivity index (χ1) is 8.31. The van der Waals surface area contributed by atoms with Gasteiger partial charge in [0.2, 0.25) is 5.91 Å². The van der Waals surface area contributed by atoms with Crippen LogP contribution in [0.15, 0.2) is 30.3 Å². The lowest BCUT2D eigenvalue weighted by molar-refractivity contribution is -0.120. The molecule has 2 aliphatic rings. The molecule has 1 aromatic carbocycles. The first-order valence-electron chi connectivity index (χ1n) is 6.34. The summed E-state index contributed by atoms with van der Waals surface area (Å²) in [6.45, 7) is 2.81. The molecule has 1 aromatic rings. The second-order valence-corrected chi connectivity index (χ2v) is 5.15. The summed E-state index contributed by atoms with van der Waals surface area (Å²) in [7, 11) is 0. The highest BCUT2D eigenvalue weighted by atomic mass is 16.1. The lowest BCUT2D eigenvalue weighted by Gasteiger charge is -2.33. The third-order valence-corrected chi connectivity index (χ3v) is 4.31. The third-order valence-electron chi connectivity index (χ3n) is 4.31. The molecule has 2 aliphatic heterocycles. The monoisotopic (exact) mass is 230 g/mol. The second-order valence-electron chi connectivity index (χ2n) is 5.15. The third kappa shape index (κ3) is 1.75. The maximum atomic E-state index is 11.6. The van der Waals surface area contributed by atoms with Crippen LogP contribution in [0.5, 0.6) is 0 Å². The Hall–Kier alpha value is -1.35. The van der Waals surface area contributed by atoms with Gasteiger partial charge in [-0.1, -0.05) is 30.3 Å². The van der Waals surface area contributed by atoms with Gasteiger partial charge in [-0.2, -0.15) is 0 Å². The van der Waals surface area contributed by atoms with E-state index in [2.05, 4.69) is 41.0 Å². The minimum absolute atomic E-state index is 0.153. The number of benzene rings is 1. The summed E-state index contributed by atoms with van der Waals surface area (Å²) >= 11 is 0. The smallest absolute Gasteiger partial charge is 0.220 e. The van der Waals surface area contributed by atoms with Crippen molar-refractivity contribution in [1.82, 2.24) is 10.6 Å². The molecule has 2 heterocycles. The Labute approximate surface area is 102 Å². The van der Waals surface area contributed by atoms with E-state index in [9.17, 15) is 4.79 Å². The van der Waals surface area contributed by atoms with Crippen molar-refractivity contribution in [3.63, 3.8) is 0 Å². The van der Waals surface area contributed by atoms with E-state index in [4.69, 9.17) is 0 Å². The number of nitrogens with one attached hydrogen (secondary N) is 2. The summed E-state index contributed by atoms with van der Waals surface area (Å²) in [6, 6.07) is 10.7. The average molecular weight is 230 g/mol. The molecule has 2 saturated heterocycles. The van der Waals surface area contributed by atoms with Crippen LogP contribution in [0.2, 0.25) is 0 Å². The van der Waals surface area contributed by atoms with E-state index in [-0.39, 0.29) is 11.3 Å². The molecule has 0 bridgehead atoms. The Balaban J connectivity index is 1.99. The highest BCUT2D eigenvalue weighted by Crippen LogP contribution is 2.40. The molecule has 2 fully saturated rings. The maximum absolute atomic E-state index is 11.6. The van der Waals surface area contributed by atoms with Gasteiger partial charge in [0.1, 0.15) is 0 Å². The van der Waals surface area contributed by atoms with Crippen molar-refractivity contribution in [3.8, 4) is 0 Å². The van der Waals surface area contributed by atoms with Crippen molar-refractivity contribution in [2.24, 2.45) is 5.92 Å². The average Bonchev–Trinajstić information content (AvgIpc) is 2.72. The quantitative estimate of drug-likeness (QED) is 0.757. The van der Waals surface area contributed by atoms with Crippen molar-refractivity contribution < 1.29 is 4.79 Å². The molecule has 2 N–H and O–H groups in total. The number of carbonyl (C=O) groups is 1. The van der Waals surface area contributed by atoms with Gasteiger partial charge in [0.05, 0.1) is 0 Å². The molecule has 17 heavy (non-hydrogen) atoms. The van der Waals surface area contributed by atoms with E-state index in [1.165, 1.54) is 5.56 Å². The SMILES string of the molecule is O=C1CCC2(c3ccccc3)CNCC2CN1. The lowest BCUT2D eigenvalue weighted by atomic mass is 9.70. The summed E-state index contributed by atoms with van der Waals surface area (Å²) < 4.78 is 0. The molecule has 0 aliphatic carbocycles. The van der Waals surface area contributed by atoms with Gasteiger partial charge in [-0.15, -0.1) is 0 Å². The van der Waals surface area contributed by atoms with Crippen LogP contribution < -0.4 is 10.6 Å². The minimum atomic E-state index is 0.153. The predicted molar refractivity (Wildman–Crippen MR) is 66.7 cm³/mol. The number of carbonyl (C=O) groups excluding carboxylic acids is 1. The molecule has 0 spiro atoms. The Morgan fingerprint density at radius 1 is 1.18 bits per heavy atom. The van der Waals surface area contributed by atoms with Crippen LogP contribution in [0.25, 0.3) is 0 Å². The Kier molecular flexibility index (Phi) is 2.63. The molecule has 0 aromatic heterocycles. The Morgan fingerprint density at radius 3 is 2.82 bits per heavy atom. The summed E-state index contributed by atoms with van der Waals surface area (Å²) in [4.78, 5) is 11.6. The standard InChI is InChI=1S/C14H18N2O/c17-13-6-7-14(11-4-2-1-3-5-11)10-15-8-12(14)9-16-13/h1-5,12,15H,6-10H2,(H,16,17). The van der Waals surface area contributed by atoms with E-state index < -0.39 is 0 Å². The van der Waals surface area contributed by atoms with Crippen molar-refractivity contribution in [3.05, 3.63) is 35.9 Å². The molecule has 2 unspecified atom stereocenters. The van der Waals surface area contributed by atoms with Crippen LogP contribution in [0, 0.1) is 5.92 Å². The molecule has 0 saturated carbocycles. The van der Waals surface area contributed by atoms with Crippen LogP contribution in [0.4, 0.5) is 0 Å². The van der Waals surface area contributed by atoms with E-state index in [1.807, 2.05) is 0 Å². The van der Waals surface area contributed by atoms with Gasteiger partial charge in [0, 0.05) is 31.5 Å². The Bertz CT molecular complexity index is 417. The molecule has 3 rings (SSSR count). The zero-order valence-corrected chi connectivity index (χ0v) is 9.91. The van der Waals surface area contributed by atoms with Crippen molar-refractivity contribution in [2.75, 3.05) is 19.6 Å². The zero-order valence-electron chi connectivity index (χ0n) is 9.91. The summed E-state index contributed by atoms with van der Waals surface area (Å²) in [5.74, 6) is 0.728. The van der Waals surface area contributed by atoms with Crippen LogP contribution in [0.3, 0.4) is 0 Å². The molecular weight excluding hydrogens is 212 g/mol. The van der Waals surface area contributed by atoms with Crippen LogP contribution in [0.1, 0.15) is 18.4 Å². The normalized spacial score (nSPS) is 32.7. The largest absolute Gasteiger partial charge is 0.356 e. The van der Waals surface area contributed by atoms with Gasteiger partial charge in [-0.25, -0.2) is 0 Å². The number of hydrogen-bond acceptors (Lipinski definition) is 2. The first kappa shape index (κ1) is 10.8. The van der Waals surface area contributed by atoms with Crippen LogP contribution in [-0.2, 0) is 10.2 Å². The van der Waals surface area contributed by atoms with Crippen LogP contribution in [-0.4, -0.2) is 25.5 Å². The van der Waals surface area contributed by atoms with Crippen molar-refractivity contribution in [1.29, 1.82) is 0 Å². The molecule has 2 atom stereocenters. The topological polar surface area (TPSA) is 41.1 Å². The molecule has 3 heteroatoms. The summed E-state index contributed by atoms with van der Waals surface area (Å²) in [5.41, 5.74) is 1.53. The lowest BCUT2D eigenvalue weighted by Crippen LogP contribution is -2.37. The predicted octanol–water partition coefficient (Wildman–Crippen LogP) is 1.05. The van der Waals surface area contributed by atoms with Crippen molar-refractivity contribution in [2.45, 2.75) is 18.3 Å². The summed E-state index contributed by atoms with van der Waals surface area (Å²) in [6.07, 6.45) is 1.60. The fraction of sp³-hybridized carbons (Fsp3) is 0.500. The second kappa shape index (κ2) is 4.15. The number of hydrogen-bond donors (Lipinski definition) is 2. The molecule has 0 radical (unpaired) electrons. The highest BCUT2D eigenvalue weighted by molar-refractivity contribution is 5.76. The molecule has 90 valence electrons. The van der Waals surface area contributed by atoms with Gasteiger partial charge in [0.25, 0.3) is 0 Å². The van der Waals surface area contributed by atoms with Gasteiger partial charge in [0.15, 0.2) is 0 Å². The first-order valence-corrected chi connectivity index (χ1v) is 6.34. The molecule has 1 amide bonds. The van der Waals surface area contributed by atoms with Gasteiger partial charge < -0.3 is 10.6 Å². The maximum Gasteiger partial charge on any atom is 0.220 e. The number of fused-ring (bicyclic) bond motifs is 1. The van der Waals surface area contributed by atoms with E-state index in [0.29, 0.717) is 12.3 Å². The van der Waals surface area contributed by atoms with Gasteiger partial charge in [-0.3, -0.25) is 4.79 Å². The van der Waals surface area contributed by atoms with E-state index >= 15 is 0 Å². The van der Waals surface area contributed by atoms with E-state index in [0.717, 1.165) is 26.1 Å². The zero-order chi connectivity index (χ0) is 11.7.